The summed E-state index contributed by atoms with van der Waals surface area (Å²) in [4.78, 5) is 5.23. The Morgan fingerprint density at radius 2 is 1.57 bits per heavy atom. The third kappa shape index (κ3) is 5.13. The van der Waals surface area contributed by atoms with Crippen molar-refractivity contribution in [2.45, 2.75) is 51.5 Å². The van der Waals surface area contributed by atoms with Gasteiger partial charge in [-0.15, -0.1) is 0 Å². The Morgan fingerprint density at radius 3 is 2.29 bits per heavy atom. The van der Waals surface area contributed by atoms with Crippen LogP contribution in [0.4, 0.5) is 0 Å². The first kappa shape index (κ1) is 19.4. The molecule has 4 nitrogen and oxygen atoms in total. The molecule has 2 saturated heterocycles. The average molecular weight is 381 g/mol. The Balaban J connectivity index is 1.29. The van der Waals surface area contributed by atoms with Crippen molar-refractivity contribution in [3.05, 3.63) is 60.2 Å². The van der Waals surface area contributed by atoms with Crippen molar-refractivity contribution in [3.8, 4) is 11.5 Å². The van der Waals surface area contributed by atoms with Crippen LogP contribution in [0.1, 0.15) is 32.3 Å². The highest BCUT2D eigenvalue weighted by Crippen LogP contribution is 2.25. The molecule has 2 aromatic rings. The third-order valence-corrected chi connectivity index (χ3v) is 5.80. The molecule has 0 amide bonds. The van der Waals surface area contributed by atoms with Gasteiger partial charge in [0.2, 0.25) is 0 Å². The van der Waals surface area contributed by atoms with E-state index in [0.29, 0.717) is 18.2 Å². The SMILES string of the molecule is CC1CN(C2CCN(Cc3cccc(Oc4ccccc4)c3)CC2)CC(C)O1. The summed E-state index contributed by atoms with van der Waals surface area (Å²) in [6.07, 6.45) is 3.21. The molecule has 28 heavy (non-hydrogen) atoms. The van der Waals surface area contributed by atoms with Gasteiger partial charge in [-0.3, -0.25) is 9.80 Å². The molecule has 2 aliphatic heterocycles. The predicted octanol–water partition coefficient (Wildman–Crippen LogP) is 4.55. The lowest BCUT2D eigenvalue weighted by molar-refractivity contribution is -0.0865. The van der Waals surface area contributed by atoms with E-state index < -0.39 is 0 Å². The molecule has 0 spiro atoms. The minimum Gasteiger partial charge on any atom is -0.457 e. The number of benzene rings is 2. The fourth-order valence-corrected chi connectivity index (χ4v) is 4.55. The second-order valence-corrected chi connectivity index (χ2v) is 8.28. The normalized spacial score (nSPS) is 24.9. The summed E-state index contributed by atoms with van der Waals surface area (Å²) >= 11 is 0. The van der Waals surface area contributed by atoms with Gasteiger partial charge in [-0.2, -0.15) is 0 Å². The Morgan fingerprint density at radius 1 is 0.893 bits per heavy atom. The van der Waals surface area contributed by atoms with Gasteiger partial charge in [-0.25, -0.2) is 0 Å². The monoisotopic (exact) mass is 380 g/mol. The molecule has 0 saturated carbocycles. The van der Waals surface area contributed by atoms with Crippen molar-refractivity contribution < 1.29 is 9.47 Å². The van der Waals surface area contributed by atoms with Crippen LogP contribution >= 0.6 is 0 Å². The fourth-order valence-electron chi connectivity index (χ4n) is 4.55. The van der Waals surface area contributed by atoms with Gasteiger partial charge in [0.25, 0.3) is 0 Å². The van der Waals surface area contributed by atoms with Gasteiger partial charge >= 0.3 is 0 Å². The summed E-state index contributed by atoms with van der Waals surface area (Å²) < 4.78 is 11.9. The average Bonchev–Trinajstić information content (AvgIpc) is 2.69. The van der Waals surface area contributed by atoms with Crippen LogP contribution in [0.5, 0.6) is 11.5 Å². The Bertz CT molecular complexity index is 733. The van der Waals surface area contributed by atoms with Gasteiger partial charge in [-0.1, -0.05) is 30.3 Å². The van der Waals surface area contributed by atoms with Crippen molar-refractivity contribution in [3.63, 3.8) is 0 Å². The zero-order valence-electron chi connectivity index (χ0n) is 17.1. The van der Waals surface area contributed by atoms with E-state index in [9.17, 15) is 0 Å². The first-order chi connectivity index (χ1) is 13.7. The number of ether oxygens (including phenoxy) is 2. The first-order valence-corrected chi connectivity index (χ1v) is 10.6. The summed E-state index contributed by atoms with van der Waals surface area (Å²) in [5.41, 5.74) is 1.32. The highest BCUT2D eigenvalue weighted by atomic mass is 16.5. The van der Waals surface area contributed by atoms with E-state index in [1.165, 1.54) is 18.4 Å². The van der Waals surface area contributed by atoms with Gasteiger partial charge in [-0.05, 0) is 69.6 Å². The van der Waals surface area contributed by atoms with Crippen molar-refractivity contribution in [2.24, 2.45) is 0 Å². The maximum absolute atomic E-state index is 5.99. The lowest BCUT2D eigenvalue weighted by Gasteiger charge is -2.43. The van der Waals surface area contributed by atoms with E-state index in [1.807, 2.05) is 36.4 Å². The van der Waals surface area contributed by atoms with Crippen LogP contribution in [-0.4, -0.2) is 54.2 Å². The summed E-state index contributed by atoms with van der Waals surface area (Å²) in [5, 5.41) is 0. The van der Waals surface area contributed by atoms with Crippen LogP contribution < -0.4 is 4.74 Å². The molecule has 0 N–H and O–H groups in total. The van der Waals surface area contributed by atoms with Gasteiger partial charge < -0.3 is 9.47 Å². The fraction of sp³-hybridized carbons (Fsp3) is 0.500. The highest BCUT2D eigenvalue weighted by Gasteiger charge is 2.30. The Kier molecular flexibility index (Phi) is 6.30. The van der Waals surface area contributed by atoms with E-state index in [-0.39, 0.29) is 0 Å². The van der Waals surface area contributed by atoms with E-state index in [4.69, 9.17) is 9.47 Å². The van der Waals surface area contributed by atoms with Crippen LogP contribution in [0.15, 0.2) is 54.6 Å². The summed E-state index contributed by atoms with van der Waals surface area (Å²) in [6.45, 7) is 9.87. The molecule has 2 aliphatic rings. The van der Waals surface area contributed by atoms with Crippen LogP contribution in [0.3, 0.4) is 0 Å². The molecule has 0 aliphatic carbocycles. The summed E-state index contributed by atoms with van der Waals surface area (Å²) in [6, 6.07) is 19.2. The molecule has 4 rings (SSSR count). The van der Waals surface area contributed by atoms with Gasteiger partial charge in [0.15, 0.2) is 0 Å². The number of likely N-dealkylation sites (tertiary alicyclic amines) is 1. The lowest BCUT2D eigenvalue weighted by Crippen LogP contribution is -2.53. The minimum absolute atomic E-state index is 0.356. The first-order valence-electron chi connectivity index (χ1n) is 10.6. The molecular formula is C24H32N2O2. The topological polar surface area (TPSA) is 24.9 Å². The number of hydrogen-bond acceptors (Lipinski definition) is 4. The molecule has 0 bridgehead atoms. The largest absolute Gasteiger partial charge is 0.457 e. The molecule has 0 aromatic heterocycles. The van der Waals surface area contributed by atoms with Gasteiger partial charge in [0.05, 0.1) is 12.2 Å². The number of piperidine rings is 1. The standard InChI is InChI=1S/C24H32N2O2/c1-19-16-26(17-20(2)27-19)22-11-13-25(14-12-22)18-21-7-6-10-24(15-21)28-23-8-4-3-5-9-23/h3-10,15,19-20,22H,11-14,16-18H2,1-2H3. The molecule has 0 radical (unpaired) electrons. The second-order valence-electron chi connectivity index (χ2n) is 8.28. The Labute approximate surface area is 169 Å². The quantitative estimate of drug-likeness (QED) is 0.760. The molecule has 2 unspecified atom stereocenters. The summed E-state index contributed by atoms with van der Waals surface area (Å²) in [5.74, 6) is 1.80. The molecule has 2 aromatic carbocycles. The van der Waals surface area contributed by atoms with Crippen molar-refractivity contribution in [1.82, 2.24) is 9.80 Å². The third-order valence-electron chi connectivity index (χ3n) is 5.80. The number of para-hydroxylation sites is 1. The van der Waals surface area contributed by atoms with E-state index in [1.54, 1.807) is 0 Å². The van der Waals surface area contributed by atoms with Crippen LogP contribution in [-0.2, 0) is 11.3 Å². The molecule has 2 atom stereocenters. The number of rotatable bonds is 5. The molecule has 2 heterocycles. The minimum atomic E-state index is 0.356. The lowest BCUT2D eigenvalue weighted by atomic mass is 10.0. The number of hydrogen-bond donors (Lipinski definition) is 0. The van der Waals surface area contributed by atoms with Crippen molar-refractivity contribution in [1.29, 1.82) is 0 Å². The van der Waals surface area contributed by atoms with Crippen LogP contribution in [0, 0.1) is 0 Å². The van der Waals surface area contributed by atoms with Crippen molar-refractivity contribution in [2.75, 3.05) is 26.2 Å². The van der Waals surface area contributed by atoms with Crippen LogP contribution in [0.25, 0.3) is 0 Å². The predicted molar refractivity (Wildman–Crippen MR) is 113 cm³/mol. The highest BCUT2D eigenvalue weighted by molar-refractivity contribution is 5.33. The van der Waals surface area contributed by atoms with E-state index in [2.05, 4.69) is 41.8 Å². The van der Waals surface area contributed by atoms with E-state index in [0.717, 1.165) is 44.2 Å². The number of morpholine rings is 1. The second kappa shape index (κ2) is 9.08. The smallest absolute Gasteiger partial charge is 0.127 e. The Hall–Kier alpha value is -1.88. The maximum Gasteiger partial charge on any atom is 0.127 e. The molecular weight excluding hydrogens is 348 g/mol. The van der Waals surface area contributed by atoms with E-state index >= 15 is 0 Å². The summed E-state index contributed by atoms with van der Waals surface area (Å²) in [7, 11) is 0. The van der Waals surface area contributed by atoms with Gasteiger partial charge in [0.1, 0.15) is 11.5 Å². The maximum atomic E-state index is 5.99. The van der Waals surface area contributed by atoms with Crippen molar-refractivity contribution >= 4 is 0 Å². The molecule has 150 valence electrons. The zero-order valence-corrected chi connectivity index (χ0v) is 17.1. The molecule has 4 heteroatoms. The zero-order chi connectivity index (χ0) is 19.3. The molecule has 2 fully saturated rings. The number of nitrogens with zero attached hydrogens (tertiary/aromatic N) is 2. The van der Waals surface area contributed by atoms with Crippen LogP contribution in [0.2, 0.25) is 0 Å². The van der Waals surface area contributed by atoms with Gasteiger partial charge in [0, 0.05) is 25.7 Å².